The molecule has 2 aromatic carbocycles. The average Bonchev–Trinajstić information content (AvgIpc) is 2.42. The van der Waals surface area contributed by atoms with E-state index in [1.54, 1.807) is 13.8 Å². The van der Waals surface area contributed by atoms with Gasteiger partial charge in [-0.1, -0.05) is 24.3 Å². The zero-order valence-electron chi connectivity index (χ0n) is 12.5. The van der Waals surface area contributed by atoms with Gasteiger partial charge in [-0.25, -0.2) is 0 Å². The number of aryl methyl sites for hydroxylation is 2. The molecule has 0 heterocycles. The van der Waals surface area contributed by atoms with E-state index in [0.717, 1.165) is 6.92 Å². The van der Waals surface area contributed by atoms with Crippen molar-refractivity contribution >= 4 is 0 Å². The number of hydrogen-bond acceptors (Lipinski definition) is 2. The molecule has 0 fully saturated rings. The van der Waals surface area contributed by atoms with Crippen LogP contribution in [0, 0.1) is 13.8 Å². The van der Waals surface area contributed by atoms with Crippen LogP contribution in [0.25, 0.3) is 0 Å². The van der Waals surface area contributed by atoms with Crippen molar-refractivity contribution < 1.29 is 23.4 Å². The highest BCUT2D eigenvalue weighted by atomic mass is 19.4. The van der Waals surface area contributed by atoms with Crippen LogP contribution in [0.4, 0.5) is 13.2 Å². The molecule has 0 aliphatic rings. The van der Waals surface area contributed by atoms with E-state index in [-0.39, 0.29) is 22.6 Å². The van der Waals surface area contributed by atoms with Gasteiger partial charge in [0.05, 0.1) is 0 Å². The third-order valence-electron chi connectivity index (χ3n) is 4.12. The van der Waals surface area contributed by atoms with Crippen LogP contribution < -0.4 is 0 Å². The van der Waals surface area contributed by atoms with Gasteiger partial charge in [-0.05, 0) is 55.2 Å². The lowest BCUT2D eigenvalue weighted by Gasteiger charge is -2.34. The normalized spacial score (nSPS) is 12.5. The lowest BCUT2D eigenvalue weighted by molar-refractivity contribution is -0.173. The van der Waals surface area contributed by atoms with Gasteiger partial charge in [-0.3, -0.25) is 0 Å². The van der Waals surface area contributed by atoms with Crippen molar-refractivity contribution in [2.75, 3.05) is 0 Å². The molecule has 0 unspecified atom stereocenters. The van der Waals surface area contributed by atoms with Gasteiger partial charge in [0.1, 0.15) is 16.9 Å². The van der Waals surface area contributed by atoms with Gasteiger partial charge in [-0.2, -0.15) is 13.2 Å². The van der Waals surface area contributed by atoms with Gasteiger partial charge in [0.25, 0.3) is 0 Å². The van der Waals surface area contributed by atoms with Crippen LogP contribution >= 0.6 is 0 Å². The van der Waals surface area contributed by atoms with E-state index in [4.69, 9.17) is 0 Å². The first-order valence-corrected chi connectivity index (χ1v) is 6.74. The molecule has 0 aliphatic heterocycles. The second-order valence-electron chi connectivity index (χ2n) is 5.63. The Kier molecular flexibility index (Phi) is 3.85. The van der Waals surface area contributed by atoms with E-state index in [9.17, 15) is 23.4 Å². The van der Waals surface area contributed by atoms with E-state index in [0.29, 0.717) is 11.1 Å². The maximum atomic E-state index is 13.8. The summed E-state index contributed by atoms with van der Waals surface area (Å²) in [6.07, 6.45) is -4.53. The molecule has 0 amide bonds. The molecule has 0 bridgehead atoms. The third kappa shape index (κ3) is 2.51. The lowest BCUT2D eigenvalue weighted by atomic mass is 9.74. The molecule has 0 aliphatic carbocycles. The largest absolute Gasteiger partial charge is 0.508 e. The van der Waals surface area contributed by atoms with Gasteiger partial charge in [0, 0.05) is 0 Å². The van der Waals surface area contributed by atoms with Gasteiger partial charge < -0.3 is 10.2 Å². The fraction of sp³-hybridized carbons (Fsp3) is 0.294. The molecular weight excluding hydrogens is 293 g/mol. The Bertz CT molecular complexity index is 654. The molecule has 5 heteroatoms. The number of phenolic OH excluding ortho intramolecular Hbond substituents is 2. The van der Waals surface area contributed by atoms with Crippen molar-refractivity contribution in [1.82, 2.24) is 0 Å². The standard InChI is InChI=1S/C17H17F3O2/c1-10-8-12(4-6-14(10)21)16(3,17(18,19)20)13-5-7-15(22)11(2)9-13/h4-9,21-22H,1-3H3. The highest BCUT2D eigenvalue weighted by Gasteiger charge is 2.53. The SMILES string of the molecule is Cc1cc(C(C)(c2ccc(O)c(C)c2)C(F)(F)F)ccc1O. The van der Waals surface area contributed by atoms with Crippen LogP contribution in [-0.2, 0) is 5.41 Å². The predicted molar refractivity (Wildman–Crippen MR) is 78.2 cm³/mol. The first-order valence-electron chi connectivity index (χ1n) is 6.74. The van der Waals surface area contributed by atoms with E-state index in [1.807, 2.05) is 0 Å². The zero-order valence-corrected chi connectivity index (χ0v) is 12.5. The molecule has 2 nitrogen and oxygen atoms in total. The fourth-order valence-electron chi connectivity index (χ4n) is 2.43. The highest BCUT2D eigenvalue weighted by Crippen LogP contribution is 2.47. The molecule has 2 aromatic rings. The number of halogens is 3. The Morgan fingerprint density at radius 3 is 1.41 bits per heavy atom. The van der Waals surface area contributed by atoms with Gasteiger partial charge >= 0.3 is 6.18 Å². The van der Waals surface area contributed by atoms with Crippen molar-refractivity contribution in [3.05, 3.63) is 58.7 Å². The van der Waals surface area contributed by atoms with E-state index in [2.05, 4.69) is 0 Å². The summed E-state index contributed by atoms with van der Waals surface area (Å²) in [5.41, 5.74) is -1.39. The number of rotatable bonds is 2. The minimum absolute atomic E-state index is 0.0420. The molecule has 0 spiro atoms. The zero-order chi connectivity index (χ0) is 16.7. The van der Waals surface area contributed by atoms with Crippen LogP contribution in [0.3, 0.4) is 0 Å². The molecule has 0 radical (unpaired) electrons. The van der Waals surface area contributed by atoms with Crippen LogP contribution in [0.2, 0.25) is 0 Å². The van der Waals surface area contributed by atoms with Crippen molar-refractivity contribution in [3.63, 3.8) is 0 Å². The van der Waals surface area contributed by atoms with Crippen LogP contribution in [0.15, 0.2) is 36.4 Å². The Balaban J connectivity index is 2.72. The monoisotopic (exact) mass is 310 g/mol. The van der Waals surface area contributed by atoms with Crippen molar-refractivity contribution in [2.24, 2.45) is 0 Å². The topological polar surface area (TPSA) is 40.5 Å². The van der Waals surface area contributed by atoms with Crippen LogP contribution in [0.1, 0.15) is 29.2 Å². The summed E-state index contributed by atoms with van der Waals surface area (Å²) in [6.45, 7) is 4.21. The lowest BCUT2D eigenvalue weighted by Crippen LogP contribution is -2.40. The Morgan fingerprint density at radius 2 is 1.14 bits per heavy atom. The van der Waals surface area contributed by atoms with E-state index >= 15 is 0 Å². The molecule has 22 heavy (non-hydrogen) atoms. The van der Waals surface area contributed by atoms with Crippen molar-refractivity contribution in [1.29, 1.82) is 0 Å². The summed E-state index contributed by atoms with van der Waals surface area (Å²) in [5.74, 6) is -0.0923. The smallest absolute Gasteiger partial charge is 0.402 e. The third-order valence-corrected chi connectivity index (χ3v) is 4.12. The number of alkyl halides is 3. The van der Waals surface area contributed by atoms with Gasteiger partial charge in [0.2, 0.25) is 0 Å². The second-order valence-corrected chi connectivity index (χ2v) is 5.63. The van der Waals surface area contributed by atoms with Gasteiger partial charge in [0.15, 0.2) is 0 Å². The maximum Gasteiger partial charge on any atom is 0.402 e. The Hall–Kier alpha value is -2.17. The van der Waals surface area contributed by atoms with Crippen LogP contribution in [-0.4, -0.2) is 16.4 Å². The molecule has 0 saturated carbocycles. The maximum absolute atomic E-state index is 13.8. The summed E-state index contributed by atoms with van der Waals surface area (Å²) >= 11 is 0. The Morgan fingerprint density at radius 1 is 0.773 bits per heavy atom. The van der Waals surface area contributed by atoms with Crippen molar-refractivity contribution in [2.45, 2.75) is 32.4 Å². The molecule has 0 aromatic heterocycles. The average molecular weight is 310 g/mol. The minimum atomic E-state index is -4.53. The van der Waals surface area contributed by atoms with Gasteiger partial charge in [-0.15, -0.1) is 0 Å². The number of hydrogen-bond donors (Lipinski definition) is 2. The summed E-state index contributed by atoms with van der Waals surface area (Å²) in [6, 6.07) is 7.76. The molecular formula is C17H17F3O2. The van der Waals surface area contributed by atoms with E-state index in [1.165, 1.54) is 36.4 Å². The first-order chi connectivity index (χ1) is 10.1. The molecule has 0 atom stereocenters. The molecule has 118 valence electrons. The quantitative estimate of drug-likeness (QED) is 0.852. The summed E-state index contributed by atoms with van der Waals surface area (Å²) < 4.78 is 41.4. The summed E-state index contributed by atoms with van der Waals surface area (Å²) in [4.78, 5) is 0. The summed E-state index contributed by atoms with van der Waals surface area (Å²) in [7, 11) is 0. The fourth-order valence-corrected chi connectivity index (χ4v) is 2.43. The predicted octanol–water partition coefficient (Wildman–Crippen LogP) is 4.58. The minimum Gasteiger partial charge on any atom is -0.508 e. The first kappa shape index (κ1) is 16.2. The van der Waals surface area contributed by atoms with Crippen LogP contribution in [0.5, 0.6) is 11.5 Å². The Labute approximate surface area is 126 Å². The van der Waals surface area contributed by atoms with Crippen molar-refractivity contribution in [3.8, 4) is 11.5 Å². The second kappa shape index (κ2) is 5.23. The number of aromatic hydroxyl groups is 2. The summed E-state index contributed by atoms with van der Waals surface area (Å²) in [5, 5.41) is 19.1. The number of phenols is 2. The van der Waals surface area contributed by atoms with E-state index < -0.39 is 11.6 Å². The molecule has 2 rings (SSSR count). The molecule has 0 saturated heterocycles. The molecule has 2 N–H and O–H groups in total. The number of benzene rings is 2. The highest BCUT2D eigenvalue weighted by molar-refractivity contribution is 5.48.